The van der Waals surface area contributed by atoms with Crippen LogP contribution in [0.1, 0.15) is 55.2 Å². The van der Waals surface area contributed by atoms with Crippen LogP contribution in [0.4, 0.5) is 13.2 Å². The van der Waals surface area contributed by atoms with Gasteiger partial charge in [-0.2, -0.15) is 13.2 Å². The molecule has 10 heteroatoms. The van der Waals surface area contributed by atoms with Crippen molar-refractivity contribution in [3.8, 4) is 5.75 Å². The molecule has 2 N–H and O–H groups in total. The highest BCUT2D eigenvalue weighted by Gasteiger charge is 2.58. The van der Waals surface area contributed by atoms with E-state index in [0.717, 1.165) is 12.1 Å². The first-order valence-corrected chi connectivity index (χ1v) is 13.9. The largest absolute Gasteiger partial charge is 0.496 e. The number of halogens is 3. The summed E-state index contributed by atoms with van der Waals surface area (Å²) in [5.41, 5.74) is 0.323. The molecule has 1 heterocycles. The van der Waals surface area contributed by atoms with Gasteiger partial charge in [-0.3, -0.25) is 4.79 Å². The SMILES string of the molecule is COc1cc(C(F)(F)F)ccc1CN[C@H]1[C@H](C(C)(C)C)[C@@H](C(=O)O)N(C(=O)[C@@H](OC)c2ccccc2)[C@H]1c1ccccc1. The average Bonchev–Trinajstić information content (AvgIpc) is 3.33. The molecule has 1 aliphatic rings. The standard InChI is InChI=1S/C33H37F3N2O5/c1-32(2,3)25-26(37-19-22-16-17-23(33(34,35)36)18-24(22)42-4)27(20-12-8-6-9-13-20)38(28(25)31(40)41)30(39)29(43-5)21-14-10-7-11-15-21/h6-18,25-29,37H,19H2,1-5H3,(H,40,41)/t25-,26-,27-,28-,29-/m0/s1. The minimum absolute atomic E-state index is 0.0510. The van der Waals surface area contributed by atoms with Gasteiger partial charge in [-0.1, -0.05) is 87.5 Å². The lowest BCUT2D eigenvalue weighted by molar-refractivity contribution is -0.157. The maximum absolute atomic E-state index is 14.4. The highest BCUT2D eigenvalue weighted by Crippen LogP contribution is 2.49. The molecule has 0 unspecified atom stereocenters. The molecule has 3 aromatic carbocycles. The summed E-state index contributed by atoms with van der Waals surface area (Å²) in [6.07, 6.45) is -5.59. The van der Waals surface area contributed by atoms with Crippen LogP contribution in [-0.2, 0) is 27.0 Å². The Balaban J connectivity index is 1.83. The number of aliphatic carboxylic acids is 1. The molecule has 1 saturated heterocycles. The summed E-state index contributed by atoms with van der Waals surface area (Å²) >= 11 is 0. The predicted octanol–water partition coefficient (Wildman–Crippen LogP) is 6.26. The number of carboxylic acids is 1. The Hall–Kier alpha value is -3.89. The zero-order valence-electron chi connectivity index (χ0n) is 24.8. The minimum atomic E-state index is -4.54. The number of benzene rings is 3. The summed E-state index contributed by atoms with van der Waals surface area (Å²) < 4.78 is 51.1. The Labute approximate surface area is 249 Å². The van der Waals surface area contributed by atoms with E-state index < -0.39 is 59.2 Å². The molecule has 1 aliphatic heterocycles. The van der Waals surface area contributed by atoms with E-state index >= 15 is 0 Å². The van der Waals surface area contributed by atoms with E-state index in [4.69, 9.17) is 9.47 Å². The van der Waals surface area contributed by atoms with Gasteiger partial charge in [0.15, 0.2) is 6.10 Å². The smallest absolute Gasteiger partial charge is 0.416 e. The van der Waals surface area contributed by atoms with E-state index in [1.807, 2.05) is 57.2 Å². The van der Waals surface area contributed by atoms with Crippen LogP contribution in [0.15, 0.2) is 78.9 Å². The Bertz CT molecular complexity index is 1410. The summed E-state index contributed by atoms with van der Waals surface area (Å²) in [6, 6.07) is 18.7. The van der Waals surface area contributed by atoms with Gasteiger partial charge in [-0.15, -0.1) is 0 Å². The monoisotopic (exact) mass is 598 g/mol. The zero-order valence-corrected chi connectivity index (χ0v) is 24.8. The number of methoxy groups -OCH3 is 2. The maximum atomic E-state index is 14.4. The third kappa shape index (κ3) is 6.70. The number of rotatable bonds is 9. The van der Waals surface area contributed by atoms with E-state index in [1.165, 1.54) is 25.2 Å². The van der Waals surface area contributed by atoms with Crippen molar-refractivity contribution in [2.75, 3.05) is 14.2 Å². The second kappa shape index (κ2) is 12.8. The molecular weight excluding hydrogens is 561 g/mol. The van der Waals surface area contributed by atoms with Gasteiger partial charge in [0.1, 0.15) is 11.8 Å². The second-order valence-corrected chi connectivity index (χ2v) is 11.7. The van der Waals surface area contributed by atoms with Crippen LogP contribution in [0.25, 0.3) is 0 Å². The molecule has 230 valence electrons. The van der Waals surface area contributed by atoms with E-state index in [0.29, 0.717) is 16.7 Å². The molecule has 0 aliphatic carbocycles. The number of ether oxygens (including phenoxy) is 2. The highest BCUT2D eigenvalue weighted by atomic mass is 19.4. The Morgan fingerprint density at radius 1 is 0.953 bits per heavy atom. The lowest BCUT2D eigenvalue weighted by Gasteiger charge is -2.35. The second-order valence-electron chi connectivity index (χ2n) is 11.7. The molecular formula is C33H37F3N2O5. The van der Waals surface area contributed by atoms with Crippen LogP contribution in [0, 0.1) is 11.3 Å². The predicted molar refractivity (Wildman–Crippen MR) is 155 cm³/mol. The first-order valence-electron chi connectivity index (χ1n) is 13.9. The van der Waals surface area contributed by atoms with E-state index in [2.05, 4.69) is 5.32 Å². The fourth-order valence-corrected chi connectivity index (χ4v) is 6.17. The molecule has 3 aromatic rings. The van der Waals surface area contributed by atoms with Crippen molar-refractivity contribution in [2.24, 2.45) is 11.3 Å². The normalized spacial score (nSPS) is 21.4. The summed E-state index contributed by atoms with van der Waals surface area (Å²) in [6.45, 7) is 5.83. The maximum Gasteiger partial charge on any atom is 0.416 e. The summed E-state index contributed by atoms with van der Waals surface area (Å²) in [5.74, 6) is -2.21. The molecule has 1 amide bonds. The topological polar surface area (TPSA) is 88.1 Å². The first-order chi connectivity index (χ1) is 20.3. The number of nitrogens with zero attached hydrogens (tertiary/aromatic N) is 1. The molecule has 0 aromatic heterocycles. The van der Waals surface area contributed by atoms with Crippen LogP contribution in [0.3, 0.4) is 0 Å². The molecule has 1 fully saturated rings. The van der Waals surface area contributed by atoms with Crippen molar-refractivity contribution in [2.45, 2.75) is 57.7 Å². The lowest BCUT2D eigenvalue weighted by atomic mass is 9.72. The Kier molecular flexibility index (Phi) is 9.51. The van der Waals surface area contributed by atoms with Gasteiger partial charge >= 0.3 is 12.1 Å². The van der Waals surface area contributed by atoms with E-state index in [-0.39, 0.29) is 12.3 Å². The number of alkyl halides is 3. The molecule has 4 rings (SSSR count). The van der Waals surface area contributed by atoms with Gasteiger partial charge in [-0.05, 0) is 28.7 Å². The van der Waals surface area contributed by atoms with Crippen LogP contribution >= 0.6 is 0 Å². The molecule has 7 nitrogen and oxygen atoms in total. The Morgan fingerprint density at radius 2 is 1.56 bits per heavy atom. The summed E-state index contributed by atoms with van der Waals surface area (Å²) in [4.78, 5) is 28.9. The number of carbonyl (C=O) groups is 2. The first kappa shape index (κ1) is 32.0. The number of carbonyl (C=O) groups excluding carboxylic acids is 1. The van der Waals surface area contributed by atoms with Gasteiger partial charge in [0.05, 0.1) is 18.7 Å². The molecule has 0 spiro atoms. The van der Waals surface area contributed by atoms with Crippen molar-refractivity contribution in [3.05, 3.63) is 101 Å². The number of nitrogens with one attached hydrogen (secondary N) is 1. The van der Waals surface area contributed by atoms with Crippen molar-refractivity contribution in [1.29, 1.82) is 0 Å². The van der Waals surface area contributed by atoms with E-state index in [1.54, 1.807) is 24.3 Å². The molecule has 5 atom stereocenters. The number of amides is 1. The quantitative estimate of drug-likeness (QED) is 0.303. The Morgan fingerprint density at radius 3 is 2.07 bits per heavy atom. The van der Waals surface area contributed by atoms with E-state index in [9.17, 15) is 27.9 Å². The van der Waals surface area contributed by atoms with Crippen LogP contribution in [0.5, 0.6) is 5.75 Å². The van der Waals surface area contributed by atoms with Crippen LogP contribution < -0.4 is 10.1 Å². The van der Waals surface area contributed by atoms with Gasteiger partial charge in [0.25, 0.3) is 5.91 Å². The highest BCUT2D eigenvalue weighted by molar-refractivity contribution is 5.89. The van der Waals surface area contributed by atoms with Crippen molar-refractivity contribution in [3.63, 3.8) is 0 Å². The van der Waals surface area contributed by atoms with Gasteiger partial charge in [0, 0.05) is 31.2 Å². The fourth-order valence-electron chi connectivity index (χ4n) is 6.17. The minimum Gasteiger partial charge on any atom is -0.496 e. The van der Waals surface area contributed by atoms with Crippen LogP contribution in [-0.4, -0.2) is 48.2 Å². The number of hydrogen-bond donors (Lipinski definition) is 2. The summed E-state index contributed by atoms with van der Waals surface area (Å²) in [5, 5.41) is 14.1. The molecule has 43 heavy (non-hydrogen) atoms. The van der Waals surface area contributed by atoms with Crippen molar-refractivity contribution in [1.82, 2.24) is 10.2 Å². The fraction of sp³-hybridized carbons (Fsp3) is 0.394. The third-order valence-electron chi connectivity index (χ3n) is 8.02. The number of likely N-dealkylation sites (tertiary alicyclic amines) is 1. The molecule has 0 radical (unpaired) electrons. The van der Waals surface area contributed by atoms with Gasteiger partial charge in [-0.25, -0.2) is 4.79 Å². The number of carboxylic acid groups (broad SMARTS) is 1. The average molecular weight is 599 g/mol. The van der Waals surface area contributed by atoms with Gasteiger partial charge in [0.2, 0.25) is 0 Å². The molecule has 0 bridgehead atoms. The third-order valence-corrected chi connectivity index (χ3v) is 8.02. The zero-order chi connectivity index (χ0) is 31.5. The number of hydrogen-bond acceptors (Lipinski definition) is 5. The summed E-state index contributed by atoms with van der Waals surface area (Å²) in [7, 11) is 2.71. The van der Waals surface area contributed by atoms with Crippen LogP contribution in [0.2, 0.25) is 0 Å². The van der Waals surface area contributed by atoms with Crippen molar-refractivity contribution >= 4 is 11.9 Å². The molecule has 0 saturated carbocycles. The van der Waals surface area contributed by atoms with Gasteiger partial charge < -0.3 is 24.8 Å². The lowest BCUT2D eigenvalue weighted by Crippen LogP contribution is -2.49. The van der Waals surface area contributed by atoms with Crippen molar-refractivity contribution < 1.29 is 37.3 Å².